The van der Waals surface area contributed by atoms with E-state index in [4.69, 9.17) is 0 Å². The number of aryl methyl sites for hydroxylation is 6. The molecule has 0 N–H and O–H groups in total. The molecule has 1 aliphatic heterocycles. The van der Waals surface area contributed by atoms with E-state index in [1.165, 1.54) is 61.0 Å². The topological polar surface area (TPSA) is 3.01 Å². The molecule has 0 bridgehead atoms. The van der Waals surface area contributed by atoms with Gasteiger partial charge in [-0.3, -0.25) is 0 Å². The van der Waals surface area contributed by atoms with Gasteiger partial charge < -0.3 is 4.49 Å². The molecule has 0 unspecified atom stereocenters. The normalized spacial score (nSPS) is 14.2. The van der Waals surface area contributed by atoms with Gasteiger partial charge in [-0.1, -0.05) is 100 Å². The van der Waals surface area contributed by atoms with Gasteiger partial charge in [-0.25, -0.2) is 0 Å². The molecule has 0 atom stereocenters. The standard InChI is InChI=1S/C31H32BN/c1-21-16-23(3)30(24(4)17-21)32(31-25(5)18-22(2)19-26(31)6)29-15-11-10-12-27(29)20-33(32)28-13-8-7-9-14-28/h7-20H,1-6H3. The second-order valence-corrected chi connectivity index (χ2v) is 9.95. The number of hydrogen-bond donors (Lipinski definition) is 0. The van der Waals surface area contributed by atoms with Crippen LogP contribution in [0.4, 0.5) is 5.69 Å². The molecule has 0 saturated carbocycles. The van der Waals surface area contributed by atoms with Crippen molar-refractivity contribution in [2.45, 2.75) is 41.5 Å². The zero-order valence-corrected chi connectivity index (χ0v) is 20.6. The Morgan fingerprint density at radius 1 is 0.545 bits per heavy atom. The van der Waals surface area contributed by atoms with Crippen LogP contribution < -0.4 is 16.4 Å². The highest BCUT2D eigenvalue weighted by molar-refractivity contribution is 7.08. The van der Waals surface area contributed by atoms with Gasteiger partial charge >= 0.3 is 6.28 Å². The lowest BCUT2D eigenvalue weighted by Crippen LogP contribution is -2.74. The molecule has 4 aromatic carbocycles. The largest absolute Gasteiger partial charge is 0.408 e. The summed E-state index contributed by atoms with van der Waals surface area (Å²) in [5.41, 5.74) is 14.9. The maximum Gasteiger partial charge on any atom is 0.362 e. The Bertz CT molecular complexity index is 1310. The van der Waals surface area contributed by atoms with Gasteiger partial charge in [0, 0.05) is 17.7 Å². The molecule has 4 aromatic rings. The molecule has 0 saturated heterocycles. The molecule has 1 aliphatic rings. The molecule has 1 heterocycles. The van der Waals surface area contributed by atoms with Crippen LogP contribution in [-0.2, 0) is 0 Å². The molecule has 0 aromatic heterocycles. The lowest BCUT2D eigenvalue weighted by molar-refractivity contribution is -0.279. The zero-order chi connectivity index (χ0) is 23.3. The van der Waals surface area contributed by atoms with Gasteiger partial charge in [-0.2, -0.15) is 0 Å². The first-order valence-corrected chi connectivity index (χ1v) is 11.9. The van der Waals surface area contributed by atoms with E-state index in [0.717, 1.165) is 0 Å². The number of para-hydroxylation sites is 1. The third-order valence-electron chi connectivity index (χ3n) is 7.51. The smallest absolute Gasteiger partial charge is 0.362 e. The van der Waals surface area contributed by atoms with Crippen LogP contribution >= 0.6 is 0 Å². The van der Waals surface area contributed by atoms with Crippen molar-refractivity contribution >= 4 is 34.6 Å². The average molecular weight is 429 g/mol. The van der Waals surface area contributed by atoms with E-state index in [-0.39, 0.29) is 0 Å². The number of benzene rings is 4. The van der Waals surface area contributed by atoms with Crippen molar-refractivity contribution in [1.82, 2.24) is 0 Å². The summed E-state index contributed by atoms with van der Waals surface area (Å²) in [5.74, 6) is 0. The summed E-state index contributed by atoms with van der Waals surface area (Å²) < 4.78 is 2.58. The van der Waals surface area contributed by atoms with Crippen molar-refractivity contribution < 1.29 is 4.49 Å². The van der Waals surface area contributed by atoms with E-state index in [2.05, 4.69) is 131 Å². The Morgan fingerprint density at radius 2 is 1.00 bits per heavy atom. The Balaban J connectivity index is 2.03. The molecule has 1 nitrogen and oxygen atoms in total. The van der Waals surface area contributed by atoms with Gasteiger partial charge in [0.2, 0.25) is 0 Å². The quantitative estimate of drug-likeness (QED) is 0.390. The Kier molecular flexibility index (Phi) is 5.13. The molecule has 0 amide bonds. The second-order valence-electron chi connectivity index (χ2n) is 9.95. The highest BCUT2D eigenvalue weighted by Crippen LogP contribution is 2.28. The SMILES string of the molecule is Cc1cc(C)c([B-]2(c3c(C)cc(C)cc3C)c3ccccc3C=[N+]2c2ccccc2)c(C)c1. The minimum absolute atomic E-state index is 1.23. The van der Waals surface area contributed by atoms with E-state index >= 15 is 0 Å². The predicted octanol–water partition coefficient (Wildman–Crippen LogP) is 5.28. The molecule has 0 aliphatic carbocycles. The van der Waals surface area contributed by atoms with E-state index in [9.17, 15) is 0 Å². The van der Waals surface area contributed by atoms with Gasteiger partial charge in [0.1, 0.15) is 6.21 Å². The van der Waals surface area contributed by atoms with Crippen molar-refractivity contribution in [3.8, 4) is 0 Å². The summed E-state index contributed by atoms with van der Waals surface area (Å²) in [6.07, 6.45) is 0.954. The summed E-state index contributed by atoms with van der Waals surface area (Å²) >= 11 is 0. The van der Waals surface area contributed by atoms with E-state index < -0.39 is 6.28 Å². The second kappa shape index (κ2) is 7.88. The fraction of sp³-hybridized carbons (Fsp3) is 0.194. The summed E-state index contributed by atoms with van der Waals surface area (Å²) in [5, 5.41) is 0. The average Bonchev–Trinajstić information content (AvgIpc) is 3.08. The number of nitrogens with zero attached hydrogens (tertiary/aromatic N) is 1. The van der Waals surface area contributed by atoms with Crippen LogP contribution in [0.25, 0.3) is 0 Å². The van der Waals surface area contributed by atoms with Crippen molar-refractivity contribution in [2.24, 2.45) is 0 Å². The highest BCUT2D eigenvalue weighted by atomic mass is 15.0. The number of hydrogen-bond acceptors (Lipinski definition) is 0. The van der Waals surface area contributed by atoms with Crippen LogP contribution in [0.2, 0.25) is 0 Å². The van der Waals surface area contributed by atoms with Crippen molar-refractivity contribution in [3.05, 3.63) is 118 Å². The first kappa shape index (κ1) is 21.5. The Labute approximate surface area is 198 Å². The van der Waals surface area contributed by atoms with Crippen LogP contribution in [0.3, 0.4) is 0 Å². The predicted molar refractivity (Wildman–Crippen MR) is 144 cm³/mol. The molecule has 0 radical (unpaired) electrons. The lowest BCUT2D eigenvalue weighted by atomic mass is 9.22. The number of fused-ring (bicyclic) bond motifs is 1. The van der Waals surface area contributed by atoms with Crippen molar-refractivity contribution in [2.75, 3.05) is 0 Å². The van der Waals surface area contributed by atoms with Crippen LogP contribution in [0.5, 0.6) is 0 Å². The zero-order valence-electron chi connectivity index (χ0n) is 20.6. The maximum absolute atomic E-state index is 2.58. The molecule has 0 spiro atoms. The van der Waals surface area contributed by atoms with Crippen LogP contribution in [0.15, 0.2) is 78.9 Å². The Hall–Kier alpha value is -3.39. The third-order valence-corrected chi connectivity index (χ3v) is 7.51. The molecular formula is C31H32BN. The third kappa shape index (κ3) is 3.20. The molecule has 164 valence electrons. The first-order chi connectivity index (χ1) is 15.8. The van der Waals surface area contributed by atoms with E-state index in [1.807, 2.05) is 0 Å². The molecular weight excluding hydrogens is 397 g/mol. The molecule has 33 heavy (non-hydrogen) atoms. The fourth-order valence-electron chi connectivity index (χ4n) is 6.75. The van der Waals surface area contributed by atoms with Gasteiger partial charge in [0.15, 0.2) is 5.69 Å². The monoisotopic (exact) mass is 429 g/mol. The summed E-state index contributed by atoms with van der Waals surface area (Å²) in [4.78, 5) is 0. The summed E-state index contributed by atoms with van der Waals surface area (Å²) in [6, 6.07) is 29.3. The van der Waals surface area contributed by atoms with Crippen LogP contribution in [0.1, 0.15) is 38.9 Å². The fourth-order valence-corrected chi connectivity index (χ4v) is 6.75. The van der Waals surface area contributed by atoms with Crippen LogP contribution in [-0.4, -0.2) is 17.0 Å². The molecule has 0 fully saturated rings. The minimum atomic E-state index is -1.42. The Morgan fingerprint density at radius 3 is 1.52 bits per heavy atom. The van der Waals surface area contributed by atoms with Gasteiger partial charge in [0.05, 0.1) is 0 Å². The van der Waals surface area contributed by atoms with Gasteiger partial charge in [0.25, 0.3) is 0 Å². The summed E-state index contributed by atoms with van der Waals surface area (Å²) in [6.45, 7) is 13.6. The minimum Gasteiger partial charge on any atom is -0.408 e. The number of rotatable bonds is 3. The van der Waals surface area contributed by atoms with Crippen LogP contribution in [0, 0.1) is 41.5 Å². The molecule has 2 heteroatoms. The van der Waals surface area contributed by atoms with E-state index in [0.29, 0.717) is 0 Å². The van der Waals surface area contributed by atoms with Gasteiger partial charge in [-0.15, -0.1) is 16.4 Å². The molecule has 5 rings (SSSR count). The maximum atomic E-state index is 2.58. The summed E-state index contributed by atoms with van der Waals surface area (Å²) in [7, 11) is 0. The van der Waals surface area contributed by atoms with Gasteiger partial charge in [-0.05, 0) is 41.5 Å². The van der Waals surface area contributed by atoms with Crippen molar-refractivity contribution in [1.29, 1.82) is 0 Å². The van der Waals surface area contributed by atoms with Crippen molar-refractivity contribution in [3.63, 3.8) is 0 Å². The lowest BCUT2D eigenvalue weighted by Gasteiger charge is -2.40. The highest BCUT2D eigenvalue weighted by Gasteiger charge is 2.51. The van der Waals surface area contributed by atoms with E-state index in [1.54, 1.807) is 0 Å². The first-order valence-electron chi connectivity index (χ1n) is 11.9.